The summed E-state index contributed by atoms with van der Waals surface area (Å²) in [6.45, 7) is 6.91. The van der Waals surface area contributed by atoms with Gasteiger partial charge in [0, 0.05) is 25.2 Å². The molecule has 0 atom stereocenters. The van der Waals surface area contributed by atoms with Gasteiger partial charge < -0.3 is 9.88 Å². The molecule has 0 bridgehead atoms. The fraction of sp³-hybridized carbons (Fsp3) is 0.389. The third-order valence-corrected chi connectivity index (χ3v) is 3.74. The quantitative estimate of drug-likeness (QED) is 0.915. The average molecular weight is 284 g/mol. The topological polar surface area (TPSA) is 34.0 Å². The van der Waals surface area contributed by atoms with Crippen LogP contribution in [0.5, 0.6) is 0 Å². The summed E-state index contributed by atoms with van der Waals surface area (Å²) < 4.78 is 1.73. The highest BCUT2D eigenvalue weighted by Crippen LogP contribution is 2.18. The van der Waals surface area contributed by atoms with Gasteiger partial charge in [-0.2, -0.15) is 0 Å². The van der Waals surface area contributed by atoms with Gasteiger partial charge in [0.25, 0.3) is 5.56 Å². The lowest BCUT2D eigenvalue weighted by Crippen LogP contribution is -2.29. The molecule has 1 aromatic carbocycles. The van der Waals surface area contributed by atoms with E-state index in [0.29, 0.717) is 12.6 Å². The van der Waals surface area contributed by atoms with Crippen molar-refractivity contribution in [2.45, 2.75) is 39.8 Å². The normalized spacial score (nSPS) is 11.1. The van der Waals surface area contributed by atoms with Gasteiger partial charge in [0.05, 0.1) is 5.69 Å². The van der Waals surface area contributed by atoms with Crippen LogP contribution >= 0.6 is 0 Å². The first kappa shape index (κ1) is 15.5. The molecular weight excluding hydrogens is 260 g/mol. The van der Waals surface area contributed by atoms with Gasteiger partial charge in [-0.3, -0.25) is 4.79 Å². The lowest BCUT2D eigenvalue weighted by molar-refractivity contribution is 0.583. The Hall–Kier alpha value is -1.87. The number of benzene rings is 1. The molecule has 1 N–H and O–H groups in total. The van der Waals surface area contributed by atoms with Gasteiger partial charge in [-0.15, -0.1) is 0 Å². The molecule has 0 fully saturated rings. The van der Waals surface area contributed by atoms with E-state index in [9.17, 15) is 4.79 Å². The van der Waals surface area contributed by atoms with E-state index in [1.165, 1.54) is 5.56 Å². The van der Waals surface area contributed by atoms with Gasteiger partial charge in [-0.05, 0) is 23.6 Å². The zero-order valence-electron chi connectivity index (χ0n) is 13.3. The van der Waals surface area contributed by atoms with Crippen LogP contribution in [0.1, 0.15) is 31.9 Å². The molecule has 0 saturated heterocycles. The Balaban J connectivity index is 2.33. The van der Waals surface area contributed by atoms with Crippen molar-refractivity contribution in [1.29, 1.82) is 0 Å². The van der Waals surface area contributed by atoms with E-state index >= 15 is 0 Å². The van der Waals surface area contributed by atoms with Crippen LogP contribution in [-0.4, -0.2) is 10.6 Å². The highest BCUT2D eigenvalue weighted by molar-refractivity contribution is 5.60. The number of nitrogens with one attached hydrogen (secondary N) is 1. The number of aryl methyl sites for hydroxylation is 1. The molecule has 21 heavy (non-hydrogen) atoms. The van der Waals surface area contributed by atoms with Crippen molar-refractivity contribution in [2.75, 3.05) is 0 Å². The van der Waals surface area contributed by atoms with Crippen molar-refractivity contribution in [3.8, 4) is 11.3 Å². The molecule has 1 aromatic heterocycles. The smallest absolute Gasteiger partial charge is 0.255 e. The van der Waals surface area contributed by atoms with Crippen molar-refractivity contribution in [1.82, 2.24) is 9.88 Å². The first-order chi connectivity index (χ1) is 10.0. The summed E-state index contributed by atoms with van der Waals surface area (Å²) in [7, 11) is 1.84. The number of rotatable bonds is 5. The molecule has 112 valence electrons. The predicted molar refractivity (Wildman–Crippen MR) is 88.5 cm³/mol. The number of hydrogen-bond donors (Lipinski definition) is 1. The molecule has 0 unspecified atom stereocenters. The predicted octanol–water partition coefficient (Wildman–Crippen LogP) is 3.11. The van der Waals surface area contributed by atoms with E-state index < -0.39 is 0 Å². The van der Waals surface area contributed by atoms with E-state index in [1.54, 1.807) is 4.57 Å². The molecule has 0 amide bonds. The molecule has 2 aromatic rings. The first-order valence-corrected chi connectivity index (χ1v) is 7.54. The van der Waals surface area contributed by atoms with Crippen LogP contribution in [0.2, 0.25) is 0 Å². The van der Waals surface area contributed by atoms with Crippen LogP contribution in [0.15, 0.2) is 41.2 Å². The van der Waals surface area contributed by atoms with Crippen LogP contribution in [0.25, 0.3) is 11.3 Å². The monoisotopic (exact) mass is 284 g/mol. The van der Waals surface area contributed by atoms with E-state index in [2.05, 4.69) is 50.4 Å². The molecule has 3 nitrogen and oxygen atoms in total. The summed E-state index contributed by atoms with van der Waals surface area (Å²) in [5.74, 6) is 0. The Bertz CT molecular complexity index is 654. The number of aromatic nitrogens is 1. The molecule has 1 heterocycles. The zero-order valence-corrected chi connectivity index (χ0v) is 13.3. The van der Waals surface area contributed by atoms with Crippen molar-refractivity contribution in [3.05, 3.63) is 57.9 Å². The Morgan fingerprint density at radius 2 is 1.76 bits per heavy atom. The molecular formula is C18H24N2O. The minimum Gasteiger partial charge on any atom is -0.311 e. The lowest BCUT2D eigenvalue weighted by Gasteiger charge is -2.12. The van der Waals surface area contributed by atoms with Gasteiger partial charge >= 0.3 is 0 Å². The van der Waals surface area contributed by atoms with Crippen LogP contribution in [-0.2, 0) is 20.0 Å². The number of pyridine rings is 1. The Kier molecular flexibility index (Phi) is 4.97. The zero-order chi connectivity index (χ0) is 15.4. The van der Waals surface area contributed by atoms with E-state index in [0.717, 1.165) is 23.2 Å². The van der Waals surface area contributed by atoms with Crippen LogP contribution in [0.4, 0.5) is 0 Å². The van der Waals surface area contributed by atoms with Gasteiger partial charge in [0.1, 0.15) is 0 Å². The van der Waals surface area contributed by atoms with E-state index in [1.807, 2.05) is 19.2 Å². The maximum atomic E-state index is 12.4. The Morgan fingerprint density at radius 3 is 2.33 bits per heavy atom. The Morgan fingerprint density at radius 1 is 1.10 bits per heavy atom. The van der Waals surface area contributed by atoms with Crippen molar-refractivity contribution < 1.29 is 0 Å². The second-order valence-electron chi connectivity index (χ2n) is 5.69. The van der Waals surface area contributed by atoms with Crippen LogP contribution in [0, 0.1) is 0 Å². The molecule has 2 rings (SSSR count). The van der Waals surface area contributed by atoms with Crippen molar-refractivity contribution in [3.63, 3.8) is 0 Å². The third-order valence-electron chi connectivity index (χ3n) is 3.74. The molecule has 0 saturated carbocycles. The number of nitrogens with zero attached hydrogens (tertiary/aromatic N) is 1. The summed E-state index contributed by atoms with van der Waals surface area (Å²) in [6, 6.07) is 12.7. The number of hydrogen-bond acceptors (Lipinski definition) is 2. The molecule has 3 heteroatoms. The van der Waals surface area contributed by atoms with E-state index in [4.69, 9.17) is 0 Å². The van der Waals surface area contributed by atoms with E-state index in [-0.39, 0.29) is 5.56 Å². The largest absolute Gasteiger partial charge is 0.311 e. The van der Waals surface area contributed by atoms with Crippen LogP contribution in [0.3, 0.4) is 0 Å². The fourth-order valence-corrected chi connectivity index (χ4v) is 2.34. The fourth-order valence-electron chi connectivity index (χ4n) is 2.34. The lowest BCUT2D eigenvalue weighted by atomic mass is 10.1. The maximum Gasteiger partial charge on any atom is 0.255 e. The summed E-state index contributed by atoms with van der Waals surface area (Å²) in [5.41, 5.74) is 4.22. The summed E-state index contributed by atoms with van der Waals surface area (Å²) in [6.07, 6.45) is 1.03. The maximum absolute atomic E-state index is 12.4. The molecule has 0 aliphatic heterocycles. The van der Waals surface area contributed by atoms with Gasteiger partial charge in [-0.1, -0.05) is 51.1 Å². The molecule has 0 aliphatic rings. The highest BCUT2D eigenvalue weighted by atomic mass is 16.1. The molecule has 0 spiro atoms. The second-order valence-corrected chi connectivity index (χ2v) is 5.69. The Labute approximate surface area is 126 Å². The van der Waals surface area contributed by atoms with Gasteiger partial charge in [0.2, 0.25) is 0 Å². The average Bonchev–Trinajstić information content (AvgIpc) is 2.49. The molecule has 0 radical (unpaired) electrons. The first-order valence-electron chi connectivity index (χ1n) is 7.54. The minimum absolute atomic E-state index is 0.0696. The van der Waals surface area contributed by atoms with Crippen molar-refractivity contribution in [2.24, 2.45) is 7.05 Å². The summed E-state index contributed by atoms with van der Waals surface area (Å²) in [4.78, 5) is 12.4. The summed E-state index contributed by atoms with van der Waals surface area (Å²) >= 11 is 0. The van der Waals surface area contributed by atoms with Gasteiger partial charge in [-0.25, -0.2) is 0 Å². The third kappa shape index (κ3) is 3.61. The highest BCUT2D eigenvalue weighted by Gasteiger charge is 2.08. The standard InChI is InChI=1S/C18H24N2O/c1-5-14-6-8-15(9-7-14)17-11-10-16(12-19-13(2)3)18(21)20(17)4/h6-11,13,19H,5,12H2,1-4H3. The van der Waals surface area contributed by atoms with Gasteiger partial charge in [0.15, 0.2) is 0 Å². The second kappa shape index (κ2) is 6.72. The summed E-state index contributed by atoms with van der Waals surface area (Å²) in [5, 5.41) is 3.29. The van der Waals surface area contributed by atoms with Crippen molar-refractivity contribution >= 4 is 0 Å². The SMILES string of the molecule is CCc1ccc(-c2ccc(CNC(C)C)c(=O)n2C)cc1. The molecule has 0 aliphatic carbocycles. The van der Waals surface area contributed by atoms with Crippen LogP contribution < -0.4 is 10.9 Å². The minimum atomic E-state index is 0.0696.